The number of rotatable bonds is 0. The van der Waals surface area contributed by atoms with Crippen molar-refractivity contribution >= 4 is 19.3 Å². The van der Waals surface area contributed by atoms with Gasteiger partial charge in [-0.05, 0) is 10.8 Å². The van der Waals surface area contributed by atoms with E-state index in [1.54, 1.807) is 5.19 Å². The minimum Gasteiger partial charge on any atom is -0.0903 e. The van der Waals surface area contributed by atoms with Crippen LogP contribution in [0.5, 0.6) is 0 Å². The summed E-state index contributed by atoms with van der Waals surface area (Å²) in [5.74, 6) is 0. The molecule has 1 heteroatoms. The van der Waals surface area contributed by atoms with Crippen molar-refractivity contribution < 1.29 is 0 Å². The Morgan fingerprint density at radius 2 is 1.77 bits per heavy atom. The third-order valence-electron chi connectivity index (χ3n) is 2.55. The lowest BCUT2D eigenvalue weighted by Crippen LogP contribution is -2.40. The van der Waals surface area contributed by atoms with Crippen LogP contribution < -0.4 is 5.19 Å². The van der Waals surface area contributed by atoms with Crippen LogP contribution in [0, 0.1) is 0 Å². The fourth-order valence-corrected chi connectivity index (χ4v) is 3.98. The Kier molecular flexibility index (Phi) is 1.96. The molecule has 0 saturated carbocycles. The van der Waals surface area contributed by atoms with E-state index < -0.39 is 8.07 Å². The van der Waals surface area contributed by atoms with Crippen molar-refractivity contribution in [2.75, 3.05) is 0 Å². The molecule has 0 atom stereocenters. The maximum Gasteiger partial charge on any atom is 0.104 e. The van der Waals surface area contributed by atoms with Crippen LogP contribution in [0.4, 0.5) is 0 Å². The van der Waals surface area contributed by atoms with E-state index in [2.05, 4.69) is 61.3 Å². The monoisotopic (exact) mass is 186 g/mol. The van der Waals surface area contributed by atoms with Crippen molar-refractivity contribution in [3.05, 3.63) is 47.7 Å². The number of benzene rings is 1. The largest absolute Gasteiger partial charge is 0.104 e. The van der Waals surface area contributed by atoms with Crippen molar-refractivity contribution in [2.24, 2.45) is 0 Å². The van der Waals surface area contributed by atoms with Crippen LogP contribution in [0.2, 0.25) is 13.1 Å². The van der Waals surface area contributed by atoms with E-state index in [-0.39, 0.29) is 0 Å². The second-order valence-corrected chi connectivity index (χ2v) is 8.34. The quantitative estimate of drug-likeness (QED) is 0.547. The Morgan fingerprint density at radius 3 is 2.62 bits per heavy atom. The Morgan fingerprint density at radius 1 is 1.00 bits per heavy atom. The molecule has 1 aliphatic heterocycles. The molecule has 0 fully saturated rings. The van der Waals surface area contributed by atoms with E-state index in [1.165, 1.54) is 5.56 Å². The molecule has 66 valence electrons. The Bertz CT molecular complexity index is 372. The van der Waals surface area contributed by atoms with Gasteiger partial charge < -0.3 is 0 Å². The van der Waals surface area contributed by atoms with Crippen molar-refractivity contribution in [1.82, 2.24) is 0 Å². The van der Waals surface area contributed by atoms with Crippen molar-refractivity contribution in [3.63, 3.8) is 0 Å². The van der Waals surface area contributed by atoms with Crippen LogP contribution in [-0.2, 0) is 0 Å². The summed E-state index contributed by atoms with van der Waals surface area (Å²) in [6, 6.07) is 8.72. The van der Waals surface area contributed by atoms with Crippen molar-refractivity contribution in [3.8, 4) is 0 Å². The molecule has 1 aromatic carbocycles. The smallest absolute Gasteiger partial charge is 0.0903 e. The summed E-state index contributed by atoms with van der Waals surface area (Å²) in [5, 5.41) is 1.54. The molecule has 0 spiro atoms. The van der Waals surface area contributed by atoms with Crippen LogP contribution >= 0.6 is 0 Å². The Balaban J connectivity index is 2.64. The molecular formula is C12H14Si. The molecule has 0 radical (unpaired) electrons. The highest BCUT2D eigenvalue weighted by Crippen LogP contribution is 2.13. The third kappa shape index (κ3) is 1.52. The summed E-state index contributed by atoms with van der Waals surface area (Å²) in [4.78, 5) is 0. The lowest BCUT2D eigenvalue weighted by atomic mass is 10.2. The molecular weight excluding hydrogens is 172 g/mol. The first-order valence-corrected chi connectivity index (χ1v) is 7.73. The maximum absolute atomic E-state index is 2.38. The normalized spacial score (nSPS) is 18.0. The first-order chi connectivity index (χ1) is 6.20. The van der Waals surface area contributed by atoms with Gasteiger partial charge in [0, 0.05) is 0 Å². The molecule has 2 rings (SSSR count). The van der Waals surface area contributed by atoms with Gasteiger partial charge in [-0.3, -0.25) is 0 Å². The van der Waals surface area contributed by atoms with Gasteiger partial charge in [0.05, 0.1) is 0 Å². The number of hydrogen-bond acceptors (Lipinski definition) is 0. The molecule has 1 aromatic rings. The molecule has 1 heterocycles. The fourth-order valence-electron chi connectivity index (χ4n) is 1.77. The summed E-state index contributed by atoms with van der Waals surface area (Å²) in [6.45, 7) is 4.77. The second kappa shape index (κ2) is 3.00. The summed E-state index contributed by atoms with van der Waals surface area (Å²) in [7, 11) is -1.30. The predicted molar refractivity (Wildman–Crippen MR) is 61.7 cm³/mol. The molecule has 1 aliphatic rings. The third-order valence-corrected chi connectivity index (χ3v) is 5.42. The molecule has 0 unspecified atom stereocenters. The van der Waals surface area contributed by atoms with E-state index in [9.17, 15) is 0 Å². The van der Waals surface area contributed by atoms with Crippen molar-refractivity contribution in [1.29, 1.82) is 0 Å². The fraction of sp³-hybridized carbons (Fsp3) is 0.167. The van der Waals surface area contributed by atoms with Crippen LogP contribution in [0.1, 0.15) is 5.56 Å². The molecule has 0 bridgehead atoms. The summed E-state index contributed by atoms with van der Waals surface area (Å²) in [6.07, 6.45) is 6.53. The van der Waals surface area contributed by atoms with E-state index in [0.29, 0.717) is 0 Å². The molecule has 0 saturated heterocycles. The van der Waals surface area contributed by atoms with E-state index in [0.717, 1.165) is 0 Å². The molecule has 0 N–H and O–H groups in total. The predicted octanol–water partition coefficient (Wildman–Crippen LogP) is 2.72. The molecule has 0 aromatic heterocycles. The van der Waals surface area contributed by atoms with Gasteiger partial charge in [0.25, 0.3) is 0 Å². The maximum atomic E-state index is 2.38. The highest BCUT2D eigenvalue weighted by atomic mass is 28.3. The minimum absolute atomic E-state index is 1.30. The van der Waals surface area contributed by atoms with Crippen molar-refractivity contribution in [2.45, 2.75) is 13.1 Å². The highest BCUT2D eigenvalue weighted by molar-refractivity contribution is 6.94. The Labute approximate surface area is 80.6 Å². The zero-order valence-electron chi connectivity index (χ0n) is 8.12. The van der Waals surface area contributed by atoms with Gasteiger partial charge in [-0.25, -0.2) is 0 Å². The minimum atomic E-state index is -1.30. The van der Waals surface area contributed by atoms with Crippen LogP contribution in [0.25, 0.3) is 6.08 Å². The average molecular weight is 186 g/mol. The first-order valence-electron chi connectivity index (χ1n) is 4.65. The Hall–Kier alpha value is -1.08. The van der Waals surface area contributed by atoms with Gasteiger partial charge in [0.15, 0.2) is 0 Å². The van der Waals surface area contributed by atoms with E-state index >= 15 is 0 Å². The van der Waals surface area contributed by atoms with Gasteiger partial charge in [-0.2, -0.15) is 0 Å². The number of hydrogen-bond donors (Lipinski definition) is 0. The lowest BCUT2D eigenvalue weighted by molar-refractivity contribution is 1.68. The van der Waals surface area contributed by atoms with Crippen LogP contribution in [0.3, 0.4) is 0 Å². The zero-order chi connectivity index (χ0) is 9.31. The van der Waals surface area contributed by atoms with E-state index in [4.69, 9.17) is 0 Å². The zero-order valence-corrected chi connectivity index (χ0v) is 9.12. The number of fused-ring (bicyclic) bond motifs is 1. The summed E-state index contributed by atoms with van der Waals surface area (Å²) >= 11 is 0. The van der Waals surface area contributed by atoms with Crippen LogP contribution in [0.15, 0.2) is 42.1 Å². The van der Waals surface area contributed by atoms with Gasteiger partial charge in [0.2, 0.25) is 0 Å². The topological polar surface area (TPSA) is 0 Å². The molecule has 0 amide bonds. The van der Waals surface area contributed by atoms with Crippen LogP contribution in [-0.4, -0.2) is 8.07 Å². The SMILES string of the molecule is C[Si]1(C)C=CC=Cc2ccccc21. The lowest BCUT2D eigenvalue weighted by Gasteiger charge is -2.19. The standard InChI is InChI=1S/C12H14Si/c1-13(2)10-6-5-8-11-7-3-4-9-12(11)13/h3-10H,1-2H3. The van der Waals surface area contributed by atoms with Gasteiger partial charge in [-0.15, -0.1) is 0 Å². The molecule has 0 aliphatic carbocycles. The summed E-state index contributed by atoms with van der Waals surface area (Å²) < 4.78 is 0. The van der Waals surface area contributed by atoms with Gasteiger partial charge in [0.1, 0.15) is 8.07 Å². The average Bonchev–Trinajstić information content (AvgIpc) is 2.26. The highest BCUT2D eigenvalue weighted by Gasteiger charge is 2.22. The van der Waals surface area contributed by atoms with E-state index in [1.807, 2.05) is 0 Å². The number of allylic oxidation sites excluding steroid dienone is 2. The molecule has 0 nitrogen and oxygen atoms in total. The van der Waals surface area contributed by atoms with Gasteiger partial charge >= 0.3 is 0 Å². The summed E-state index contributed by atoms with van der Waals surface area (Å²) in [5.41, 5.74) is 3.78. The first kappa shape index (κ1) is 8.51. The second-order valence-electron chi connectivity index (χ2n) is 4.03. The molecule has 13 heavy (non-hydrogen) atoms. The van der Waals surface area contributed by atoms with Gasteiger partial charge in [-0.1, -0.05) is 61.3 Å².